The van der Waals surface area contributed by atoms with Gasteiger partial charge in [0.2, 0.25) is 0 Å². The Kier molecular flexibility index (Phi) is 5.87. The van der Waals surface area contributed by atoms with Gasteiger partial charge in [-0.3, -0.25) is 4.79 Å². The van der Waals surface area contributed by atoms with E-state index in [1.165, 1.54) is 17.3 Å². The Morgan fingerprint density at radius 2 is 2.05 bits per heavy atom. The molecule has 8 heteroatoms. The molecule has 112 valence electrons. The first kappa shape index (κ1) is 16.4. The Bertz CT molecular complexity index is 542. The summed E-state index contributed by atoms with van der Waals surface area (Å²) in [5, 5.41) is 3.06. The molecule has 0 aliphatic rings. The van der Waals surface area contributed by atoms with Gasteiger partial charge in [-0.1, -0.05) is 6.92 Å². The average molecular weight is 300 g/mol. The SMILES string of the molecule is CCCNc1cnc(C(=O)N(C)CCS(C)(=O)=O)cn1. The third-order valence-electron chi connectivity index (χ3n) is 2.57. The number of hydrogen-bond acceptors (Lipinski definition) is 6. The molecule has 1 rings (SSSR count). The summed E-state index contributed by atoms with van der Waals surface area (Å²) < 4.78 is 22.1. The fourth-order valence-electron chi connectivity index (χ4n) is 1.38. The molecule has 0 aliphatic carbocycles. The van der Waals surface area contributed by atoms with Gasteiger partial charge in [-0.05, 0) is 6.42 Å². The zero-order valence-corrected chi connectivity index (χ0v) is 12.8. The third-order valence-corrected chi connectivity index (χ3v) is 3.50. The fraction of sp³-hybridized carbons (Fsp3) is 0.583. The molecule has 1 heterocycles. The molecule has 1 aromatic heterocycles. The molecule has 7 nitrogen and oxygen atoms in total. The molecule has 0 spiro atoms. The Morgan fingerprint density at radius 1 is 1.35 bits per heavy atom. The Labute approximate surface area is 119 Å². The van der Waals surface area contributed by atoms with Gasteiger partial charge in [0.1, 0.15) is 21.3 Å². The summed E-state index contributed by atoms with van der Waals surface area (Å²) in [7, 11) is -1.55. The number of aromatic nitrogens is 2. The average Bonchev–Trinajstić information content (AvgIpc) is 2.41. The predicted molar refractivity (Wildman–Crippen MR) is 77.5 cm³/mol. The molecule has 0 unspecified atom stereocenters. The molecule has 20 heavy (non-hydrogen) atoms. The van der Waals surface area contributed by atoms with Crippen molar-refractivity contribution >= 4 is 21.6 Å². The van der Waals surface area contributed by atoms with E-state index in [0.29, 0.717) is 5.82 Å². The Morgan fingerprint density at radius 3 is 2.55 bits per heavy atom. The first-order valence-electron chi connectivity index (χ1n) is 6.32. The highest BCUT2D eigenvalue weighted by atomic mass is 32.2. The van der Waals surface area contributed by atoms with Crippen LogP contribution in [-0.2, 0) is 9.84 Å². The van der Waals surface area contributed by atoms with E-state index in [4.69, 9.17) is 0 Å². The fourth-order valence-corrected chi connectivity index (χ4v) is 1.99. The number of rotatable bonds is 7. The predicted octanol–water partition coefficient (Wildman–Crippen LogP) is 0.415. The van der Waals surface area contributed by atoms with E-state index < -0.39 is 9.84 Å². The van der Waals surface area contributed by atoms with Crippen molar-refractivity contribution in [3.63, 3.8) is 0 Å². The monoisotopic (exact) mass is 300 g/mol. The Balaban J connectivity index is 2.62. The van der Waals surface area contributed by atoms with Crippen molar-refractivity contribution in [3.8, 4) is 0 Å². The van der Waals surface area contributed by atoms with Crippen molar-refractivity contribution in [2.75, 3.05) is 37.5 Å². The van der Waals surface area contributed by atoms with E-state index >= 15 is 0 Å². The van der Waals surface area contributed by atoms with Gasteiger partial charge in [0.05, 0.1) is 18.1 Å². The van der Waals surface area contributed by atoms with Crippen molar-refractivity contribution < 1.29 is 13.2 Å². The highest BCUT2D eigenvalue weighted by Gasteiger charge is 2.15. The first-order chi connectivity index (χ1) is 9.33. The van der Waals surface area contributed by atoms with Crippen molar-refractivity contribution in [1.82, 2.24) is 14.9 Å². The number of carbonyl (C=O) groups is 1. The molecular weight excluding hydrogens is 280 g/mol. The maximum Gasteiger partial charge on any atom is 0.273 e. The largest absolute Gasteiger partial charge is 0.369 e. The second-order valence-corrected chi connectivity index (χ2v) is 6.83. The number of nitrogens with one attached hydrogen (secondary N) is 1. The first-order valence-corrected chi connectivity index (χ1v) is 8.38. The second-order valence-electron chi connectivity index (χ2n) is 4.57. The van der Waals surface area contributed by atoms with Gasteiger partial charge in [-0.2, -0.15) is 0 Å². The second kappa shape index (κ2) is 7.18. The number of nitrogens with zero attached hydrogens (tertiary/aromatic N) is 3. The van der Waals surface area contributed by atoms with Crippen molar-refractivity contribution in [1.29, 1.82) is 0 Å². The zero-order chi connectivity index (χ0) is 15.2. The molecule has 0 radical (unpaired) electrons. The zero-order valence-electron chi connectivity index (χ0n) is 12.0. The van der Waals surface area contributed by atoms with Crippen LogP contribution >= 0.6 is 0 Å². The normalized spacial score (nSPS) is 11.2. The summed E-state index contributed by atoms with van der Waals surface area (Å²) in [5.74, 6) is 0.198. The number of anilines is 1. The number of hydrogen-bond donors (Lipinski definition) is 1. The van der Waals surface area contributed by atoms with Gasteiger partial charge in [0, 0.05) is 26.4 Å². The molecular formula is C12H20N4O3S. The lowest BCUT2D eigenvalue weighted by atomic mass is 10.4. The molecule has 0 aromatic carbocycles. The molecule has 0 fully saturated rings. The van der Waals surface area contributed by atoms with Crippen LogP contribution in [0, 0.1) is 0 Å². The van der Waals surface area contributed by atoms with Crippen LogP contribution in [0.4, 0.5) is 5.82 Å². The highest BCUT2D eigenvalue weighted by molar-refractivity contribution is 7.90. The summed E-state index contributed by atoms with van der Waals surface area (Å²) in [5.41, 5.74) is 0.197. The molecule has 0 atom stereocenters. The standard InChI is InChI=1S/C12H20N4O3S/c1-4-5-13-11-9-14-10(8-15-11)12(17)16(2)6-7-20(3,18)19/h8-9H,4-7H2,1-3H3,(H,13,15). The van der Waals surface area contributed by atoms with E-state index in [1.807, 2.05) is 6.92 Å². The quantitative estimate of drug-likeness (QED) is 0.784. The van der Waals surface area contributed by atoms with Crippen LogP contribution in [0.2, 0.25) is 0 Å². The lowest BCUT2D eigenvalue weighted by molar-refractivity contribution is 0.0797. The summed E-state index contributed by atoms with van der Waals surface area (Å²) in [6.07, 6.45) is 4.99. The van der Waals surface area contributed by atoms with Gasteiger partial charge < -0.3 is 10.2 Å². The van der Waals surface area contributed by atoms with Crippen LogP contribution in [-0.4, -0.2) is 61.3 Å². The van der Waals surface area contributed by atoms with Gasteiger partial charge in [0.25, 0.3) is 5.91 Å². The van der Waals surface area contributed by atoms with Crippen molar-refractivity contribution in [3.05, 3.63) is 18.1 Å². The topological polar surface area (TPSA) is 92.3 Å². The Hall–Kier alpha value is -1.70. The maximum absolute atomic E-state index is 12.0. The van der Waals surface area contributed by atoms with Crippen LogP contribution in [0.3, 0.4) is 0 Å². The van der Waals surface area contributed by atoms with E-state index in [9.17, 15) is 13.2 Å². The van der Waals surface area contributed by atoms with Gasteiger partial charge >= 0.3 is 0 Å². The molecule has 0 aliphatic heterocycles. The van der Waals surface area contributed by atoms with Crippen LogP contribution in [0.25, 0.3) is 0 Å². The molecule has 0 saturated carbocycles. The molecule has 1 aromatic rings. The lowest BCUT2D eigenvalue weighted by Crippen LogP contribution is -2.32. The van der Waals surface area contributed by atoms with Crippen molar-refractivity contribution in [2.24, 2.45) is 0 Å². The minimum absolute atomic E-state index is 0.0706. The van der Waals surface area contributed by atoms with Crippen LogP contribution in [0.1, 0.15) is 23.8 Å². The van der Waals surface area contributed by atoms with Crippen LogP contribution in [0.5, 0.6) is 0 Å². The number of amides is 1. The third kappa shape index (κ3) is 5.52. The summed E-state index contributed by atoms with van der Waals surface area (Å²) in [6.45, 7) is 2.96. The van der Waals surface area contributed by atoms with E-state index in [0.717, 1.165) is 19.2 Å². The molecule has 0 saturated heterocycles. The van der Waals surface area contributed by atoms with E-state index in [1.54, 1.807) is 7.05 Å². The number of sulfone groups is 1. The minimum Gasteiger partial charge on any atom is -0.369 e. The van der Waals surface area contributed by atoms with Crippen LogP contribution in [0.15, 0.2) is 12.4 Å². The van der Waals surface area contributed by atoms with Gasteiger partial charge in [-0.15, -0.1) is 0 Å². The molecule has 0 bridgehead atoms. The summed E-state index contributed by atoms with van der Waals surface area (Å²) in [4.78, 5) is 21.4. The van der Waals surface area contributed by atoms with E-state index in [-0.39, 0.29) is 23.9 Å². The van der Waals surface area contributed by atoms with Crippen LogP contribution < -0.4 is 5.32 Å². The maximum atomic E-state index is 12.0. The lowest BCUT2D eigenvalue weighted by Gasteiger charge is -2.15. The molecule has 1 N–H and O–H groups in total. The smallest absolute Gasteiger partial charge is 0.273 e. The number of carbonyl (C=O) groups excluding carboxylic acids is 1. The summed E-state index contributed by atoms with van der Waals surface area (Å²) >= 11 is 0. The highest BCUT2D eigenvalue weighted by Crippen LogP contribution is 2.04. The minimum atomic E-state index is -3.09. The van der Waals surface area contributed by atoms with Gasteiger partial charge in [0.15, 0.2) is 0 Å². The van der Waals surface area contributed by atoms with Crippen molar-refractivity contribution in [2.45, 2.75) is 13.3 Å². The summed E-state index contributed by atoms with van der Waals surface area (Å²) in [6, 6.07) is 0. The van der Waals surface area contributed by atoms with Gasteiger partial charge in [-0.25, -0.2) is 18.4 Å². The van der Waals surface area contributed by atoms with E-state index in [2.05, 4.69) is 15.3 Å². The molecule has 1 amide bonds.